The van der Waals surface area contributed by atoms with Gasteiger partial charge in [0.05, 0.1) is 13.7 Å². The molecule has 0 aliphatic rings. The number of rotatable bonds is 6. The van der Waals surface area contributed by atoms with Crippen molar-refractivity contribution in [2.24, 2.45) is 0 Å². The number of methoxy groups -OCH3 is 1. The van der Waals surface area contributed by atoms with E-state index in [9.17, 15) is 23.1 Å². The molecule has 8 nitrogen and oxygen atoms in total. The van der Waals surface area contributed by atoms with Gasteiger partial charge in [-0.05, 0) is 18.4 Å². The Morgan fingerprint density at radius 2 is 2.10 bits per heavy atom. The van der Waals surface area contributed by atoms with Gasteiger partial charge in [0.2, 0.25) is 10.0 Å². The second-order valence-electron chi connectivity index (χ2n) is 4.01. The molecule has 1 aromatic heterocycles. The van der Waals surface area contributed by atoms with Gasteiger partial charge in [-0.3, -0.25) is 0 Å². The summed E-state index contributed by atoms with van der Waals surface area (Å²) in [7, 11) is -3.02. The van der Waals surface area contributed by atoms with Crippen LogP contribution in [0.3, 0.4) is 0 Å². The highest BCUT2D eigenvalue weighted by atomic mass is 32.2. The van der Waals surface area contributed by atoms with Crippen molar-refractivity contribution >= 4 is 33.3 Å². The molecule has 0 aromatic carbocycles. The first-order chi connectivity index (χ1) is 9.12. The number of ether oxygens (including phenoxy) is 1. The highest BCUT2D eigenvalue weighted by Crippen LogP contribution is 2.22. The Labute approximate surface area is 119 Å². The van der Waals surface area contributed by atoms with E-state index in [4.69, 9.17) is 5.11 Å². The summed E-state index contributed by atoms with van der Waals surface area (Å²) in [6.45, 7) is 0.216. The van der Waals surface area contributed by atoms with Crippen LogP contribution in [0.15, 0.2) is 16.3 Å². The molecule has 10 heteroatoms. The van der Waals surface area contributed by atoms with Gasteiger partial charge in [-0.2, -0.15) is 0 Å². The summed E-state index contributed by atoms with van der Waals surface area (Å²) in [5.74, 6) is -2.39. The van der Waals surface area contributed by atoms with Crippen molar-refractivity contribution in [1.29, 1.82) is 0 Å². The molecule has 20 heavy (non-hydrogen) atoms. The average molecular weight is 323 g/mol. The topological polar surface area (TPSA) is 130 Å². The molecule has 1 atom stereocenters. The standard InChI is InChI=1S/C10H13NO7S2/c1-10(15,9(13)14)5-11-20(16,17)6-3-4-19-7(6)8(12)18-2/h3-4,11,15H,5H2,1-2H3,(H,13,14). The van der Waals surface area contributed by atoms with Crippen molar-refractivity contribution in [2.45, 2.75) is 17.4 Å². The Bertz CT molecular complexity index is 617. The van der Waals surface area contributed by atoms with E-state index in [1.165, 1.54) is 11.4 Å². The predicted octanol–water partition coefficient (Wildman–Crippen LogP) is -0.351. The fourth-order valence-corrected chi connectivity index (χ4v) is 3.60. The van der Waals surface area contributed by atoms with Crippen LogP contribution in [0, 0.1) is 0 Å². The first kappa shape index (κ1) is 16.6. The van der Waals surface area contributed by atoms with E-state index < -0.39 is 34.1 Å². The maximum absolute atomic E-state index is 12.0. The lowest BCUT2D eigenvalue weighted by molar-refractivity contribution is -0.155. The van der Waals surface area contributed by atoms with Crippen molar-refractivity contribution in [3.63, 3.8) is 0 Å². The molecule has 1 heterocycles. The number of nitrogens with one attached hydrogen (secondary N) is 1. The molecule has 0 saturated carbocycles. The predicted molar refractivity (Wildman–Crippen MR) is 69.1 cm³/mol. The van der Waals surface area contributed by atoms with Gasteiger partial charge in [-0.15, -0.1) is 11.3 Å². The number of hydrogen-bond donors (Lipinski definition) is 3. The second kappa shape index (κ2) is 5.87. The van der Waals surface area contributed by atoms with Crippen LogP contribution in [0.25, 0.3) is 0 Å². The highest BCUT2D eigenvalue weighted by molar-refractivity contribution is 7.89. The summed E-state index contributed by atoms with van der Waals surface area (Å²) in [5, 5.41) is 19.5. The fraction of sp³-hybridized carbons (Fsp3) is 0.400. The summed E-state index contributed by atoms with van der Waals surface area (Å²) < 4.78 is 30.4. The monoisotopic (exact) mass is 323 g/mol. The molecule has 112 valence electrons. The molecule has 0 aliphatic heterocycles. The van der Waals surface area contributed by atoms with Gasteiger partial charge in [0.15, 0.2) is 5.60 Å². The first-order valence-electron chi connectivity index (χ1n) is 5.23. The van der Waals surface area contributed by atoms with Gasteiger partial charge in [-0.1, -0.05) is 0 Å². The van der Waals surface area contributed by atoms with Crippen LogP contribution < -0.4 is 4.72 Å². The van der Waals surface area contributed by atoms with E-state index in [0.29, 0.717) is 0 Å². The Hall–Kier alpha value is -1.49. The summed E-state index contributed by atoms with van der Waals surface area (Å²) in [5.41, 5.74) is -2.26. The van der Waals surface area contributed by atoms with Crippen molar-refractivity contribution in [1.82, 2.24) is 4.72 Å². The van der Waals surface area contributed by atoms with Crippen LogP contribution in [0.5, 0.6) is 0 Å². The van der Waals surface area contributed by atoms with E-state index in [1.807, 2.05) is 4.72 Å². The molecular weight excluding hydrogens is 310 g/mol. The minimum Gasteiger partial charge on any atom is -0.479 e. The molecule has 0 amide bonds. The van der Waals surface area contributed by atoms with Crippen molar-refractivity contribution < 1.29 is 33.0 Å². The number of sulfonamides is 1. The summed E-state index contributed by atoms with van der Waals surface area (Å²) in [4.78, 5) is 21.6. The summed E-state index contributed by atoms with van der Waals surface area (Å²) in [6, 6.07) is 1.19. The number of aliphatic hydroxyl groups is 1. The molecule has 0 fully saturated rings. The lowest BCUT2D eigenvalue weighted by Crippen LogP contribution is -2.46. The molecule has 1 aromatic rings. The zero-order chi connectivity index (χ0) is 15.6. The minimum absolute atomic E-state index is 0.130. The third-order valence-electron chi connectivity index (χ3n) is 2.36. The molecule has 3 N–H and O–H groups in total. The number of carboxylic acids is 1. The third-order valence-corrected chi connectivity index (χ3v) is 4.82. The maximum Gasteiger partial charge on any atom is 0.349 e. The number of carbonyl (C=O) groups excluding carboxylic acids is 1. The van der Waals surface area contributed by atoms with Gasteiger partial charge in [-0.25, -0.2) is 22.7 Å². The number of carbonyl (C=O) groups is 2. The smallest absolute Gasteiger partial charge is 0.349 e. The molecule has 0 spiro atoms. The summed E-state index contributed by atoms with van der Waals surface area (Å²) in [6.07, 6.45) is 0. The Balaban J connectivity index is 2.99. The molecule has 0 bridgehead atoms. The maximum atomic E-state index is 12.0. The van der Waals surface area contributed by atoms with Crippen molar-refractivity contribution in [3.05, 3.63) is 16.3 Å². The van der Waals surface area contributed by atoms with Crippen molar-refractivity contribution in [2.75, 3.05) is 13.7 Å². The molecule has 0 radical (unpaired) electrons. The van der Waals surface area contributed by atoms with Crippen LogP contribution in [0.4, 0.5) is 0 Å². The molecule has 0 saturated heterocycles. The fourth-order valence-electron chi connectivity index (χ4n) is 1.14. The van der Waals surface area contributed by atoms with E-state index in [1.54, 1.807) is 0 Å². The van der Waals surface area contributed by atoms with Crippen molar-refractivity contribution in [3.8, 4) is 0 Å². The Morgan fingerprint density at radius 1 is 1.50 bits per heavy atom. The van der Waals surface area contributed by atoms with Gasteiger partial charge in [0, 0.05) is 0 Å². The molecular formula is C10H13NO7S2. The van der Waals surface area contributed by atoms with E-state index in [0.717, 1.165) is 25.4 Å². The molecule has 0 aliphatic carbocycles. The van der Waals surface area contributed by atoms with Crippen LogP contribution >= 0.6 is 11.3 Å². The second-order valence-corrected chi connectivity index (χ2v) is 6.66. The van der Waals surface area contributed by atoms with Gasteiger partial charge >= 0.3 is 11.9 Å². The van der Waals surface area contributed by atoms with Gasteiger partial charge < -0.3 is 14.9 Å². The first-order valence-corrected chi connectivity index (χ1v) is 7.59. The highest BCUT2D eigenvalue weighted by Gasteiger charge is 2.33. The Kier molecular flexibility index (Phi) is 4.86. The van der Waals surface area contributed by atoms with Gasteiger partial charge in [0.1, 0.15) is 9.77 Å². The number of esters is 1. The zero-order valence-electron chi connectivity index (χ0n) is 10.6. The molecule has 1 rings (SSSR count). The third kappa shape index (κ3) is 3.54. The lowest BCUT2D eigenvalue weighted by Gasteiger charge is -2.18. The number of carboxylic acid groups (broad SMARTS) is 1. The van der Waals surface area contributed by atoms with E-state index in [-0.39, 0.29) is 9.77 Å². The average Bonchev–Trinajstić information content (AvgIpc) is 2.85. The largest absolute Gasteiger partial charge is 0.479 e. The van der Waals surface area contributed by atoms with E-state index >= 15 is 0 Å². The normalized spacial score (nSPS) is 14.6. The summed E-state index contributed by atoms with van der Waals surface area (Å²) >= 11 is 0.876. The SMILES string of the molecule is COC(=O)c1sccc1S(=O)(=O)NCC(C)(O)C(=O)O. The Morgan fingerprint density at radius 3 is 2.60 bits per heavy atom. The quantitative estimate of drug-likeness (QED) is 0.610. The van der Waals surface area contributed by atoms with Gasteiger partial charge in [0.25, 0.3) is 0 Å². The van der Waals surface area contributed by atoms with Crippen LogP contribution in [0.2, 0.25) is 0 Å². The van der Waals surface area contributed by atoms with Crippen LogP contribution in [-0.4, -0.2) is 49.8 Å². The zero-order valence-corrected chi connectivity index (χ0v) is 12.2. The number of thiophene rings is 1. The van der Waals surface area contributed by atoms with Crippen LogP contribution in [-0.2, 0) is 19.6 Å². The number of aliphatic carboxylic acids is 1. The lowest BCUT2D eigenvalue weighted by atomic mass is 10.1. The minimum atomic E-state index is -4.13. The molecule has 1 unspecified atom stereocenters. The van der Waals surface area contributed by atoms with Crippen LogP contribution in [0.1, 0.15) is 16.6 Å². The van der Waals surface area contributed by atoms with E-state index in [2.05, 4.69) is 4.74 Å². The number of hydrogen-bond acceptors (Lipinski definition) is 7.